The van der Waals surface area contributed by atoms with Crippen LogP contribution in [0.1, 0.15) is 27.0 Å². The Bertz CT molecular complexity index is 1010. The molecule has 1 amide bonds. The molecule has 3 aromatic rings. The molecule has 0 spiro atoms. The summed E-state index contributed by atoms with van der Waals surface area (Å²) in [6, 6.07) is 24.9. The molecule has 0 aliphatic carbocycles. The molecule has 3 rings (SSSR count). The maximum Gasteiger partial charge on any atom is 0.252 e. The molecular weight excluding hydrogens is 368 g/mol. The van der Waals surface area contributed by atoms with Crippen LogP contribution >= 0.6 is 11.8 Å². The molecule has 0 atom stereocenters. The van der Waals surface area contributed by atoms with Crippen LogP contribution in [0.3, 0.4) is 0 Å². The molecule has 0 radical (unpaired) electrons. The molecule has 1 N–H and O–H groups in total. The third-order valence-corrected chi connectivity index (χ3v) is 5.37. The number of nitriles is 1. The topological polar surface area (TPSA) is 62.1 Å². The second kappa shape index (κ2) is 9.75. The van der Waals surface area contributed by atoms with Crippen molar-refractivity contribution in [3.8, 4) is 6.07 Å². The monoisotopic (exact) mass is 388 g/mol. The van der Waals surface area contributed by atoms with Crippen LogP contribution in [-0.2, 0) is 17.9 Å². The number of rotatable bonds is 7. The van der Waals surface area contributed by atoms with Gasteiger partial charge in [0.1, 0.15) is 6.07 Å². The van der Waals surface area contributed by atoms with Gasteiger partial charge in [-0.3, -0.25) is 4.79 Å². The molecule has 0 aliphatic rings. The van der Waals surface area contributed by atoms with Crippen molar-refractivity contribution in [1.82, 2.24) is 5.32 Å². The van der Waals surface area contributed by atoms with Gasteiger partial charge < -0.3 is 10.1 Å². The van der Waals surface area contributed by atoms with Gasteiger partial charge in [-0.2, -0.15) is 5.26 Å². The predicted octanol–water partition coefficient (Wildman–Crippen LogP) is 4.79. The summed E-state index contributed by atoms with van der Waals surface area (Å²) in [6.07, 6.45) is 0. The number of carbonyl (C=O) groups excluding carboxylic acids is 1. The number of nitrogens with one attached hydrogen (secondary N) is 1. The summed E-state index contributed by atoms with van der Waals surface area (Å²) in [5.74, 6) is -0.148. The lowest BCUT2D eigenvalue weighted by molar-refractivity contribution is 0.0947. The lowest BCUT2D eigenvalue weighted by Gasteiger charge is -2.12. The Balaban J connectivity index is 1.77. The molecule has 0 unspecified atom stereocenters. The molecular formula is C23H20N2O2S. The van der Waals surface area contributed by atoms with Gasteiger partial charge in [0, 0.05) is 23.4 Å². The first-order valence-electron chi connectivity index (χ1n) is 8.83. The molecule has 0 bridgehead atoms. The van der Waals surface area contributed by atoms with E-state index in [1.165, 1.54) is 11.8 Å². The number of ether oxygens (including phenoxy) is 1. The van der Waals surface area contributed by atoms with Gasteiger partial charge in [0.2, 0.25) is 0 Å². The number of hydrogen-bond acceptors (Lipinski definition) is 4. The van der Waals surface area contributed by atoms with Crippen LogP contribution in [0.25, 0.3) is 0 Å². The highest BCUT2D eigenvalue weighted by Crippen LogP contribution is 2.32. The first-order valence-corrected chi connectivity index (χ1v) is 9.64. The average molecular weight is 388 g/mol. The minimum atomic E-state index is -0.148. The minimum Gasteiger partial charge on any atom is -0.380 e. The summed E-state index contributed by atoms with van der Waals surface area (Å²) in [7, 11) is 1.65. The average Bonchev–Trinajstić information content (AvgIpc) is 2.74. The molecule has 0 heterocycles. The Kier molecular flexibility index (Phi) is 6.85. The van der Waals surface area contributed by atoms with E-state index < -0.39 is 0 Å². The fourth-order valence-electron chi connectivity index (χ4n) is 2.81. The number of carbonyl (C=O) groups is 1. The third kappa shape index (κ3) is 4.80. The summed E-state index contributed by atoms with van der Waals surface area (Å²) in [5.41, 5.74) is 3.26. The van der Waals surface area contributed by atoms with E-state index in [0.717, 1.165) is 20.9 Å². The highest BCUT2D eigenvalue weighted by atomic mass is 32.2. The molecule has 140 valence electrons. The number of hydrogen-bond donors (Lipinski definition) is 1. The predicted molar refractivity (Wildman–Crippen MR) is 110 cm³/mol. The largest absolute Gasteiger partial charge is 0.380 e. The van der Waals surface area contributed by atoms with Crippen molar-refractivity contribution in [2.45, 2.75) is 22.9 Å². The zero-order valence-electron chi connectivity index (χ0n) is 15.5. The van der Waals surface area contributed by atoms with Crippen LogP contribution in [0.15, 0.2) is 82.6 Å². The number of nitrogens with zero attached hydrogens (tertiary/aromatic N) is 1. The van der Waals surface area contributed by atoms with Gasteiger partial charge in [-0.1, -0.05) is 60.3 Å². The second-order valence-corrected chi connectivity index (χ2v) is 7.17. The number of benzene rings is 3. The van der Waals surface area contributed by atoms with E-state index in [1.54, 1.807) is 19.2 Å². The Morgan fingerprint density at radius 3 is 2.36 bits per heavy atom. The quantitative estimate of drug-likeness (QED) is 0.632. The minimum absolute atomic E-state index is 0.148. The van der Waals surface area contributed by atoms with Gasteiger partial charge in [-0.05, 0) is 35.4 Å². The van der Waals surface area contributed by atoms with Crippen molar-refractivity contribution in [3.05, 3.63) is 95.1 Å². The van der Waals surface area contributed by atoms with Gasteiger partial charge in [0.25, 0.3) is 5.91 Å². The first-order chi connectivity index (χ1) is 13.7. The molecule has 0 saturated carbocycles. The summed E-state index contributed by atoms with van der Waals surface area (Å²) in [4.78, 5) is 14.5. The van der Waals surface area contributed by atoms with Crippen LogP contribution in [-0.4, -0.2) is 13.0 Å². The van der Waals surface area contributed by atoms with Gasteiger partial charge in [-0.15, -0.1) is 0 Å². The van der Waals surface area contributed by atoms with Crippen molar-refractivity contribution in [1.29, 1.82) is 5.26 Å². The second-order valence-electron chi connectivity index (χ2n) is 6.09. The number of methoxy groups -OCH3 is 1. The van der Waals surface area contributed by atoms with Crippen molar-refractivity contribution in [2.24, 2.45) is 0 Å². The summed E-state index contributed by atoms with van der Waals surface area (Å²) >= 11 is 1.42. The van der Waals surface area contributed by atoms with Crippen LogP contribution in [0.2, 0.25) is 0 Å². The van der Waals surface area contributed by atoms with Crippen molar-refractivity contribution in [2.75, 3.05) is 7.11 Å². The molecule has 5 heteroatoms. The standard InChI is InChI=1S/C23H20N2O2S/c1-27-16-19-10-3-2-9-18(19)15-25-23(26)20-11-5-7-13-22(20)28-21-12-6-4-8-17(21)14-24/h2-13H,15-16H2,1H3,(H,25,26). The Morgan fingerprint density at radius 2 is 1.61 bits per heavy atom. The van der Waals surface area contributed by atoms with Crippen molar-refractivity contribution in [3.63, 3.8) is 0 Å². The zero-order valence-corrected chi connectivity index (χ0v) is 16.3. The molecule has 0 aromatic heterocycles. The highest BCUT2D eigenvalue weighted by Gasteiger charge is 2.14. The maximum absolute atomic E-state index is 12.8. The first kappa shape index (κ1) is 19.7. The molecule has 28 heavy (non-hydrogen) atoms. The third-order valence-electron chi connectivity index (χ3n) is 4.22. The Morgan fingerprint density at radius 1 is 0.964 bits per heavy atom. The fourth-order valence-corrected chi connectivity index (χ4v) is 3.83. The van der Waals surface area contributed by atoms with E-state index in [4.69, 9.17) is 4.74 Å². The van der Waals surface area contributed by atoms with Crippen molar-refractivity contribution >= 4 is 17.7 Å². The maximum atomic E-state index is 12.8. The summed E-state index contributed by atoms with van der Waals surface area (Å²) < 4.78 is 5.22. The molecule has 4 nitrogen and oxygen atoms in total. The fraction of sp³-hybridized carbons (Fsp3) is 0.130. The van der Waals surface area contributed by atoms with E-state index in [1.807, 2.05) is 60.7 Å². The van der Waals surface area contributed by atoms with E-state index in [-0.39, 0.29) is 5.91 Å². The van der Waals surface area contributed by atoms with Gasteiger partial charge in [0.15, 0.2) is 0 Å². The highest BCUT2D eigenvalue weighted by molar-refractivity contribution is 7.99. The summed E-state index contributed by atoms with van der Waals surface area (Å²) in [5, 5.41) is 12.3. The van der Waals surface area contributed by atoms with Crippen LogP contribution < -0.4 is 5.32 Å². The van der Waals surface area contributed by atoms with Crippen LogP contribution in [0.5, 0.6) is 0 Å². The van der Waals surface area contributed by atoms with Crippen LogP contribution in [0, 0.1) is 11.3 Å². The SMILES string of the molecule is COCc1ccccc1CNC(=O)c1ccccc1Sc1ccccc1C#N. The number of amides is 1. The molecule has 0 fully saturated rings. The zero-order chi connectivity index (χ0) is 19.8. The Labute approximate surface area is 169 Å². The lowest BCUT2D eigenvalue weighted by atomic mass is 10.1. The normalized spacial score (nSPS) is 10.3. The molecule has 0 saturated heterocycles. The van der Waals surface area contributed by atoms with E-state index in [0.29, 0.717) is 24.3 Å². The van der Waals surface area contributed by atoms with E-state index >= 15 is 0 Å². The smallest absolute Gasteiger partial charge is 0.252 e. The van der Waals surface area contributed by atoms with Gasteiger partial charge in [-0.25, -0.2) is 0 Å². The van der Waals surface area contributed by atoms with Crippen molar-refractivity contribution < 1.29 is 9.53 Å². The van der Waals surface area contributed by atoms with E-state index in [9.17, 15) is 10.1 Å². The van der Waals surface area contributed by atoms with E-state index in [2.05, 4.69) is 11.4 Å². The summed E-state index contributed by atoms with van der Waals surface area (Å²) in [6.45, 7) is 0.926. The Hall–Kier alpha value is -3.07. The van der Waals surface area contributed by atoms with Crippen LogP contribution in [0.4, 0.5) is 0 Å². The molecule has 0 aliphatic heterocycles. The van der Waals surface area contributed by atoms with Gasteiger partial charge in [0.05, 0.1) is 17.7 Å². The van der Waals surface area contributed by atoms with Gasteiger partial charge >= 0.3 is 0 Å². The lowest BCUT2D eigenvalue weighted by Crippen LogP contribution is -2.24. The molecule has 3 aromatic carbocycles.